The van der Waals surface area contributed by atoms with Crippen LogP contribution in [0.3, 0.4) is 0 Å². The van der Waals surface area contributed by atoms with Gasteiger partial charge in [-0.3, -0.25) is 4.90 Å². The van der Waals surface area contributed by atoms with E-state index in [1.165, 1.54) is 25.9 Å². The van der Waals surface area contributed by atoms with Crippen molar-refractivity contribution in [2.45, 2.75) is 38.8 Å². The number of hydrogen-bond donors (Lipinski definition) is 3. The lowest BCUT2D eigenvalue weighted by Crippen LogP contribution is -2.39. The van der Waals surface area contributed by atoms with E-state index in [1.54, 1.807) is 18.2 Å². The van der Waals surface area contributed by atoms with Crippen LogP contribution in [0, 0.1) is 0 Å². The van der Waals surface area contributed by atoms with Gasteiger partial charge in [0.2, 0.25) is 0 Å². The molecule has 1 aliphatic heterocycles. The summed E-state index contributed by atoms with van der Waals surface area (Å²) in [5, 5.41) is 23.1. The van der Waals surface area contributed by atoms with E-state index in [-0.39, 0.29) is 17.5 Å². The maximum absolute atomic E-state index is 9.83. The fourth-order valence-corrected chi connectivity index (χ4v) is 2.75. The summed E-state index contributed by atoms with van der Waals surface area (Å²) < 4.78 is 0. The Morgan fingerprint density at radius 3 is 2.32 bits per heavy atom. The minimum Gasteiger partial charge on any atom is -0.507 e. The first-order valence-electron chi connectivity index (χ1n) is 7.08. The Labute approximate surface area is 115 Å². The van der Waals surface area contributed by atoms with Crippen LogP contribution in [0.2, 0.25) is 0 Å². The van der Waals surface area contributed by atoms with E-state index in [4.69, 9.17) is 0 Å². The average molecular weight is 264 g/mol. The quantitative estimate of drug-likeness (QED) is 0.763. The molecule has 2 atom stereocenters. The zero-order valence-electron chi connectivity index (χ0n) is 11.8. The molecule has 106 valence electrons. The van der Waals surface area contributed by atoms with E-state index < -0.39 is 0 Å². The summed E-state index contributed by atoms with van der Waals surface area (Å²) in [6, 6.07) is 5.28. The zero-order chi connectivity index (χ0) is 13.8. The van der Waals surface area contributed by atoms with Gasteiger partial charge >= 0.3 is 0 Å². The van der Waals surface area contributed by atoms with Crippen molar-refractivity contribution in [2.24, 2.45) is 0 Å². The van der Waals surface area contributed by atoms with Gasteiger partial charge in [-0.05, 0) is 51.9 Å². The summed E-state index contributed by atoms with van der Waals surface area (Å²) in [7, 11) is 0. The molecule has 0 aliphatic carbocycles. The van der Waals surface area contributed by atoms with E-state index in [0.29, 0.717) is 11.6 Å². The first kappa shape index (κ1) is 14.2. The molecule has 19 heavy (non-hydrogen) atoms. The van der Waals surface area contributed by atoms with Gasteiger partial charge in [-0.2, -0.15) is 0 Å². The third kappa shape index (κ3) is 3.39. The van der Waals surface area contributed by atoms with Crippen LogP contribution < -0.4 is 5.32 Å². The van der Waals surface area contributed by atoms with Crippen molar-refractivity contribution >= 4 is 0 Å². The second kappa shape index (κ2) is 6.26. The molecule has 1 aromatic rings. The van der Waals surface area contributed by atoms with Gasteiger partial charge in [0.05, 0.1) is 5.56 Å². The molecular formula is C15H24N2O2. The Morgan fingerprint density at radius 1 is 1.16 bits per heavy atom. The van der Waals surface area contributed by atoms with Crippen molar-refractivity contribution in [3.8, 4) is 11.5 Å². The van der Waals surface area contributed by atoms with E-state index in [1.807, 2.05) is 6.92 Å². The molecular weight excluding hydrogens is 240 g/mol. The van der Waals surface area contributed by atoms with E-state index in [2.05, 4.69) is 17.1 Å². The molecule has 0 saturated carbocycles. The lowest BCUT2D eigenvalue weighted by Gasteiger charge is -2.26. The average Bonchev–Trinajstić information content (AvgIpc) is 2.89. The number of phenolic OH excluding ortho intramolecular Hbond substituents is 2. The van der Waals surface area contributed by atoms with Crippen molar-refractivity contribution in [1.82, 2.24) is 10.2 Å². The highest BCUT2D eigenvalue weighted by Gasteiger charge is 2.20. The van der Waals surface area contributed by atoms with Crippen LogP contribution in [0.4, 0.5) is 0 Å². The molecule has 2 unspecified atom stereocenters. The highest BCUT2D eigenvalue weighted by atomic mass is 16.3. The molecule has 1 aromatic carbocycles. The van der Waals surface area contributed by atoms with Gasteiger partial charge < -0.3 is 15.5 Å². The topological polar surface area (TPSA) is 55.7 Å². The Kier molecular flexibility index (Phi) is 4.66. The summed E-state index contributed by atoms with van der Waals surface area (Å²) in [4.78, 5) is 2.48. The predicted molar refractivity (Wildman–Crippen MR) is 76.5 cm³/mol. The Morgan fingerprint density at radius 2 is 1.74 bits per heavy atom. The van der Waals surface area contributed by atoms with Crippen LogP contribution in [0.15, 0.2) is 18.2 Å². The maximum atomic E-state index is 9.83. The SMILES string of the molecule is CC(NCC(C)N1CCCC1)c1c(O)cccc1O. The van der Waals surface area contributed by atoms with Crippen molar-refractivity contribution in [3.05, 3.63) is 23.8 Å². The first-order valence-corrected chi connectivity index (χ1v) is 7.08. The molecule has 4 nitrogen and oxygen atoms in total. The first-order chi connectivity index (χ1) is 9.09. The molecule has 0 amide bonds. The molecule has 3 N–H and O–H groups in total. The number of nitrogens with one attached hydrogen (secondary N) is 1. The van der Waals surface area contributed by atoms with E-state index in [0.717, 1.165) is 6.54 Å². The lowest BCUT2D eigenvalue weighted by molar-refractivity contribution is 0.246. The number of hydrogen-bond acceptors (Lipinski definition) is 4. The molecule has 1 fully saturated rings. The number of aromatic hydroxyl groups is 2. The monoisotopic (exact) mass is 264 g/mol. The number of rotatable bonds is 5. The van der Waals surface area contributed by atoms with Crippen molar-refractivity contribution in [1.29, 1.82) is 0 Å². The van der Waals surface area contributed by atoms with Crippen molar-refractivity contribution < 1.29 is 10.2 Å². The number of benzene rings is 1. The highest BCUT2D eigenvalue weighted by molar-refractivity contribution is 5.44. The maximum Gasteiger partial charge on any atom is 0.124 e. The van der Waals surface area contributed by atoms with E-state index in [9.17, 15) is 10.2 Å². The van der Waals surface area contributed by atoms with Gasteiger partial charge in [-0.15, -0.1) is 0 Å². The van der Waals surface area contributed by atoms with Crippen LogP contribution in [-0.2, 0) is 0 Å². The summed E-state index contributed by atoms with van der Waals surface area (Å²) in [6.45, 7) is 7.40. The highest BCUT2D eigenvalue weighted by Crippen LogP contribution is 2.32. The normalized spacial score (nSPS) is 19.5. The summed E-state index contributed by atoms with van der Waals surface area (Å²) >= 11 is 0. The van der Waals surface area contributed by atoms with Gasteiger partial charge in [0.25, 0.3) is 0 Å². The van der Waals surface area contributed by atoms with Gasteiger partial charge in [-0.25, -0.2) is 0 Å². The number of likely N-dealkylation sites (tertiary alicyclic amines) is 1. The van der Waals surface area contributed by atoms with Crippen molar-refractivity contribution in [3.63, 3.8) is 0 Å². The third-order valence-corrected chi connectivity index (χ3v) is 3.98. The summed E-state index contributed by atoms with van der Waals surface area (Å²) in [5.74, 6) is 0.294. The second-order valence-electron chi connectivity index (χ2n) is 5.43. The van der Waals surface area contributed by atoms with Crippen LogP contribution in [0.1, 0.15) is 38.3 Å². The summed E-state index contributed by atoms with van der Waals surface area (Å²) in [5.41, 5.74) is 0.580. The molecule has 0 bridgehead atoms. The number of phenols is 2. The molecule has 0 radical (unpaired) electrons. The summed E-state index contributed by atoms with van der Waals surface area (Å²) in [6.07, 6.45) is 2.58. The van der Waals surface area contributed by atoms with Crippen LogP contribution in [-0.4, -0.2) is 40.8 Å². The molecule has 0 spiro atoms. The molecule has 4 heteroatoms. The van der Waals surface area contributed by atoms with Crippen LogP contribution in [0.25, 0.3) is 0 Å². The molecule has 2 rings (SSSR count). The van der Waals surface area contributed by atoms with Gasteiger partial charge in [0.1, 0.15) is 11.5 Å². The third-order valence-electron chi connectivity index (χ3n) is 3.98. The Bertz CT molecular complexity index is 396. The van der Waals surface area contributed by atoms with E-state index >= 15 is 0 Å². The standard InChI is InChI=1S/C15H24N2O2/c1-11(17-8-3-4-9-17)10-16-12(2)15-13(18)6-5-7-14(15)19/h5-7,11-12,16,18-19H,3-4,8-10H2,1-2H3. The van der Waals surface area contributed by atoms with Gasteiger partial charge in [0, 0.05) is 18.6 Å². The molecule has 0 aromatic heterocycles. The van der Waals surface area contributed by atoms with Crippen LogP contribution >= 0.6 is 0 Å². The van der Waals surface area contributed by atoms with Gasteiger partial charge in [-0.1, -0.05) is 6.07 Å². The molecule has 1 aliphatic rings. The second-order valence-corrected chi connectivity index (χ2v) is 5.43. The Hall–Kier alpha value is -1.26. The minimum atomic E-state index is -0.0637. The number of nitrogens with zero attached hydrogens (tertiary/aromatic N) is 1. The molecule has 1 heterocycles. The zero-order valence-corrected chi connectivity index (χ0v) is 11.8. The lowest BCUT2D eigenvalue weighted by atomic mass is 10.1. The van der Waals surface area contributed by atoms with Crippen molar-refractivity contribution in [2.75, 3.05) is 19.6 Å². The predicted octanol–water partition coefficient (Wildman–Crippen LogP) is 2.23. The fraction of sp³-hybridized carbons (Fsp3) is 0.600. The van der Waals surface area contributed by atoms with Gasteiger partial charge in [0.15, 0.2) is 0 Å². The smallest absolute Gasteiger partial charge is 0.124 e. The van der Waals surface area contributed by atoms with Crippen LogP contribution in [0.5, 0.6) is 11.5 Å². The molecule has 1 saturated heterocycles. The Balaban J connectivity index is 1.91. The fourth-order valence-electron chi connectivity index (χ4n) is 2.75. The minimum absolute atomic E-state index is 0.0637. The largest absolute Gasteiger partial charge is 0.507 e.